The Bertz CT molecular complexity index is 315. The van der Waals surface area contributed by atoms with Crippen LogP contribution in [0.4, 0.5) is 4.39 Å². The van der Waals surface area contributed by atoms with Gasteiger partial charge in [0.2, 0.25) is 0 Å². The van der Waals surface area contributed by atoms with Gasteiger partial charge < -0.3 is 0 Å². The molecular formula is C13H19ClFN. The van der Waals surface area contributed by atoms with E-state index >= 15 is 0 Å². The molecule has 0 heterocycles. The summed E-state index contributed by atoms with van der Waals surface area (Å²) in [5.74, 6) is 0.505. The van der Waals surface area contributed by atoms with Gasteiger partial charge in [-0.2, -0.15) is 0 Å². The molecule has 1 aromatic carbocycles. The highest BCUT2D eigenvalue weighted by atomic mass is 35.5. The lowest BCUT2D eigenvalue weighted by molar-refractivity contribution is 0.213. The topological polar surface area (TPSA) is 3.24 Å². The Hall–Kier alpha value is -0.600. The summed E-state index contributed by atoms with van der Waals surface area (Å²) in [6.45, 7) is 6.03. The first-order valence-electron chi connectivity index (χ1n) is 5.68. The van der Waals surface area contributed by atoms with Gasteiger partial charge in [-0.05, 0) is 44.5 Å². The number of hydrogen-bond donors (Lipinski definition) is 0. The molecule has 0 spiro atoms. The van der Waals surface area contributed by atoms with E-state index in [4.69, 9.17) is 11.6 Å². The van der Waals surface area contributed by atoms with Crippen molar-refractivity contribution < 1.29 is 4.39 Å². The van der Waals surface area contributed by atoms with Gasteiger partial charge in [-0.15, -0.1) is 11.6 Å². The summed E-state index contributed by atoms with van der Waals surface area (Å²) in [7, 11) is 0. The Kier molecular flexibility index (Phi) is 5.78. The average molecular weight is 244 g/mol. The van der Waals surface area contributed by atoms with Crippen molar-refractivity contribution in [1.29, 1.82) is 0 Å². The van der Waals surface area contributed by atoms with E-state index in [0.717, 1.165) is 25.1 Å². The van der Waals surface area contributed by atoms with Crippen molar-refractivity contribution in [3.63, 3.8) is 0 Å². The fourth-order valence-electron chi connectivity index (χ4n) is 1.65. The quantitative estimate of drug-likeness (QED) is 0.690. The molecule has 16 heavy (non-hydrogen) atoms. The van der Waals surface area contributed by atoms with Crippen molar-refractivity contribution in [3.05, 3.63) is 35.6 Å². The zero-order chi connectivity index (χ0) is 12.0. The maximum absolute atomic E-state index is 13.0. The van der Waals surface area contributed by atoms with Gasteiger partial charge >= 0.3 is 0 Å². The summed E-state index contributed by atoms with van der Waals surface area (Å²) < 4.78 is 13.0. The molecule has 0 atom stereocenters. The Balaban J connectivity index is 2.60. The van der Waals surface area contributed by atoms with Crippen molar-refractivity contribution in [2.24, 2.45) is 0 Å². The third kappa shape index (κ3) is 4.50. The largest absolute Gasteiger partial charge is 0.297 e. The van der Waals surface area contributed by atoms with Gasteiger partial charge in [-0.1, -0.05) is 12.1 Å². The molecule has 0 radical (unpaired) electrons. The standard InChI is InChI=1S/C13H19ClFN/c1-11(2)16(8-4-7-14)10-12-5-3-6-13(15)9-12/h3,5-6,9,11H,4,7-8,10H2,1-2H3. The van der Waals surface area contributed by atoms with Crippen LogP contribution in [-0.4, -0.2) is 23.4 Å². The molecule has 90 valence electrons. The summed E-state index contributed by atoms with van der Waals surface area (Å²) >= 11 is 5.69. The van der Waals surface area contributed by atoms with Crippen LogP contribution in [0.1, 0.15) is 25.8 Å². The van der Waals surface area contributed by atoms with Crippen molar-refractivity contribution in [1.82, 2.24) is 4.90 Å². The number of alkyl halides is 1. The van der Waals surface area contributed by atoms with E-state index in [1.165, 1.54) is 6.07 Å². The first-order chi connectivity index (χ1) is 7.63. The minimum absolute atomic E-state index is 0.168. The maximum atomic E-state index is 13.0. The van der Waals surface area contributed by atoms with Crippen LogP contribution in [0.25, 0.3) is 0 Å². The van der Waals surface area contributed by atoms with Gasteiger partial charge in [-0.25, -0.2) is 4.39 Å². The van der Waals surface area contributed by atoms with Gasteiger partial charge in [-0.3, -0.25) is 4.90 Å². The van der Waals surface area contributed by atoms with Crippen LogP contribution >= 0.6 is 11.6 Å². The van der Waals surface area contributed by atoms with Crippen molar-refractivity contribution in [2.45, 2.75) is 32.9 Å². The third-order valence-corrected chi connectivity index (χ3v) is 2.85. The van der Waals surface area contributed by atoms with Crippen LogP contribution in [0, 0.1) is 5.82 Å². The van der Waals surface area contributed by atoms with Gasteiger partial charge in [0, 0.05) is 18.5 Å². The molecule has 0 saturated heterocycles. The number of nitrogens with zero attached hydrogens (tertiary/aromatic N) is 1. The Labute approximate surface area is 102 Å². The van der Waals surface area contributed by atoms with Crippen LogP contribution < -0.4 is 0 Å². The normalized spacial score (nSPS) is 11.4. The lowest BCUT2D eigenvalue weighted by atomic mass is 10.2. The van der Waals surface area contributed by atoms with Gasteiger partial charge in [0.25, 0.3) is 0 Å². The molecule has 0 aromatic heterocycles. The monoisotopic (exact) mass is 243 g/mol. The predicted molar refractivity (Wildman–Crippen MR) is 67.3 cm³/mol. The van der Waals surface area contributed by atoms with Crippen LogP contribution in [0.2, 0.25) is 0 Å². The molecule has 0 saturated carbocycles. The molecule has 0 aliphatic heterocycles. The van der Waals surface area contributed by atoms with Crippen LogP contribution in [0.15, 0.2) is 24.3 Å². The second-order valence-corrected chi connectivity index (χ2v) is 4.61. The average Bonchev–Trinajstić information content (AvgIpc) is 2.24. The molecule has 1 rings (SSSR count). The number of benzene rings is 1. The number of rotatable bonds is 6. The van der Waals surface area contributed by atoms with Crippen molar-refractivity contribution in [2.75, 3.05) is 12.4 Å². The fourth-order valence-corrected chi connectivity index (χ4v) is 1.77. The first kappa shape index (κ1) is 13.5. The van der Waals surface area contributed by atoms with Crippen molar-refractivity contribution in [3.8, 4) is 0 Å². The highest BCUT2D eigenvalue weighted by Crippen LogP contribution is 2.10. The van der Waals surface area contributed by atoms with E-state index in [2.05, 4.69) is 18.7 Å². The predicted octanol–water partition coefficient (Wildman–Crippen LogP) is 3.67. The second-order valence-electron chi connectivity index (χ2n) is 4.24. The van der Waals surface area contributed by atoms with E-state index in [0.29, 0.717) is 11.9 Å². The first-order valence-corrected chi connectivity index (χ1v) is 6.21. The van der Waals surface area contributed by atoms with E-state index in [-0.39, 0.29) is 5.82 Å². The van der Waals surface area contributed by atoms with Crippen molar-refractivity contribution >= 4 is 11.6 Å². The van der Waals surface area contributed by atoms with Gasteiger partial charge in [0.1, 0.15) is 5.82 Å². The highest BCUT2D eigenvalue weighted by molar-refractivity contribution is 6.17. The van der Waals surface area contributed by atoms with E-state index in [1.807, 2.05) is 6.07 Å². The molecule has 1 aromatic rings. The molecule has 1 nitrogen and oxygen atoms in total. The number of halogens is 2. The lowest BCUT2D eigenvalue weighted by Crippen LogP contribution is -2.31. The summed E-state index contributed by atoms with van der Waals surface area (Å²) in [6, 6.07) is 7.23. The van der Waals surface area contributed by atoms with E-state index < -0.39 is 0 Å². The Morgan fingerprint density at radius 1 is 1.38 bits per heavy atom. The smallest absolute Gasteiger partial charge is 0.123 e. The van der Waals surface area contributed by atoms with E-state index in [1.54, 1.807) is 12.1 Å². The molecule has 0 unspecified atom stereocenters. The highest BCUT2D eigenvalue weighted by Gasteiger charge is 2.09. The molecular weight excluding hydrogens is 225 g/mol. The molecule has 3 heteroatoms. The lowest BCUT2D eigenvalue weighted by Gasteiger charge is -2.26. The van der Waals surface area contributed by atoms with Crippen LogP contribution in [-0.2, 0) is 6.54 Å². The summed E-state index contributed by atoms with van der Waals surface area (Å²) in [6.07, 6.45) is 0.967. The maximum Gasteiger partial charge on any atom is 0.123 e. The summed E-state index contributed by atoms with van der Waals surface area (Å²) in [5.41, 5.74) is 1.02. The molecule has 0 fully saturated rings. The third-order valence-electron chi connectivity index (χ3n) is 2.58. The van der Waals surface area contributed by atoms with Crippen LogP contribution in [0.5, 0.6) is 0 Å². The van der Waals surface area contributed by atoms with Crippen LogP contribution in [0.3, 0.4) is 0 Å². The fraction of sp³-hybridized carbons (Fsp3) is 0.538. The number of hydrogen-bond acceptors (Lipinski definition) is 1. The molecule has 0 aliphatic rings. The Morgan fingerprint density at radius 3 is 2.69 bits per heavy atom. The Morgan fingerprint density at radius 2 is 2.12 bits per heavy atom. The minimum atomic E-state index is -0.168. The zero-order valence-corrected chi connectivity index (χ0v) is 10.7. The summed E-state index contributed by atoms with van der Waals surface area (Å²) in [4.78, 5) is 2.30. The second kappa shape index (κ2) is 6.87. The van der Waals surface area contributed by atoms with E-state index in [9.17, 15) is 4.39 Å². The van der Waals surface area contributed by atoms with Gasteiger partial charge in [0.05, 0.1) is 0 Å². The summed E-state index contributed by atoms with van der Waals surface area (Å²) in [5, 5.41) is 0. The SMILES string of the molecule is CC(C)N(CCCCl)Cc1cccc(F)c1. The van der Waals surface area contributed by atoms with Gasteiger partial charge in [0.15, 0.2) is 0 Å². The molecule has 0 aliphatic carbocycles. The molecule has 0 N–H and O–H groups in total. The molecule has 0 bridgehead atoms. The zero-order valence-electron chi connectivity index (χ0n) is 9.92. The molecule has 0 amide bonds. The minimum Gasteiger partial charge on any atom is -0.297 e.